The number of rotatable bonds is 7. The number of methoxy groups -OCH3 is 1. The van der Waals surface area contributed by atoms with Crippen molar-refractivity contribution in [2.24, 2.45) is 0 Å². The van der Waals surface area contributed by atoms with Crippen LogP contribution in [0.25, 0.3) is 0 Å². The van der Waals surface area contributed by atoms with Gasteiger partial charge in [-0.1, -0.05) is 24.3 Å². The minimum atomic E-state index is 0.905. The average molecular weight is 284 g/mol. The quantitative estimate of drug-likeness (QED) is 0.841. The Kier molecular flexibility index (Phi) is 5.64. The van der Waals surface area contributed by atoms with Gasteiger partial charge in [0.1, 0.15) is 5.75 Å². The van der Waals surface area contributed by atoms with Gasteiger partial charge in [0, 0.05) is 25.3 Å². The Morgan fingerprint density at radius 2 is 1.86 bits per heavy atom. The molecule has 3 heteroatoms. The highest BCUT2D eigenvalue weighted by molar-refractivity contribution is 5.45. The summed E-state index contributed by atoms with van der Waals surface area (Å²) in [6.07, 6.45) is 0. The lowest BCUT2D eigenvalue weighted by molar-refractivity contribution is 0.339. The maximum atomic E-state index is 5.17. The summed E-state index contributed by atoms with van der Waals surface area (Å²) in [5.74, 6) is 0.905. The highest BCUT2D eigenvalue weighted by Crippen LogP contribution is 2.12. The molecule has 0 amide bonds. The van der Waals surface area contributed by atoms with E-state index in [9.17, 15) is 0 Å². The molecule has 0 aromatic heterocycles. The molecule has 0 spiro atoms. The predicted molar refractivity (Wildman–Crippen MR) is 89.0 cm³/mol. The van der Waals surface area contributed by atoms with Gasteiger partial charge in [-0.2, -0.15) is 0 Å². The summed E-state index contributed by atoms with van der Waals surface area (Å²) in [7, 11) is 3.83. The van der Waals surface area contributed by atoms with Gasteiger partial charge in [-0.15, -0.1) is 0 Å². The number of hydrogen-bond acceptors (Lipinski definition) is 3. The first-order valence-corrected chi connectivity index (χ1v) is 7.29. The standard InChI is InChI=1S/C18H24N2O/c1-15-5-4-6-17(13-15)19-11-12-20(2)14-16-7-9-18(21-3)10-8-16/h4-10,13,19H,11-12,14H2,1-3H3. The molecule has 0 atom stereocenters. The number of aryl methyl sites for hydroxylation is 1. The first kappa shape index (κ1) is 15.4. The maximum absolute atomic E-state index is 5.17. The van der Waals surface area contributed by atoms with E-state index in [1.807, 2.05) is 12.1 Å². The van der Waals surface area contributed by atoms with E-state index in [0.29, 0.717) is 0 Å². The van der Waals surface area contributed by atoms with Gasteiger partial charge in [0.15, 0.2) is 0 Å². The van der Waals surface area contributed by atoms with Crippen LogP contribution in [-0.4, -0.2) is 32.1 Å². The van der Waals surface area contributed by atoms with Crippen molar-refractivity contribution in [1.29, 1.82) is 0 Å². The number of benzene rings is 2. The van der Waals surface area contributed by atoms with Crippen molar-refractivity contribution in [1.82, 2.24) is 4.90 Å². The summed E-state index contributed by atoms with van der Waals surface area (Å²) < 4.78 is 5.17. The topological polar surface area (TPSA) is 24.5 Å². The highest BCUT2D eigenvalue weighted by atomic mass is 16.5. The molecule has 0 saturated heterocycles. The summed E-state index contributed by atoms with van der Waals surface area (Å²) in [6, 6.07) is 16.7. The summed E-state index contributed by atoms with van der Waals surface area (Å²) in [5, 5.41) is 3.46. The van der Waals surface area contributed by atoms with Gasteiger partial charge in [0.25, 0.3) is 0 Å². The van der Waals surface area contributed by atoms with E-state index in [1.165, 1.54) is 16.8 Å². The molecule has 0 aliphatic rings. The Hall–Kier alpha value is -2.00. The molecule has 2 rings (SSSR count). The van der Waals surface area contributed by atoms with Crippen molar-refractivity contribution in [3.8, 4) is 5.75 Å². The lowest BCUT2D eigenvalue weighted by atomic mass is 10.2. The Labute approximate surface area is 127 Å². The molecule has 0 bridgehead atoms. The third-order valence-electron chi connectivity index (χ3n) is 3.45. The fraction of sp³-hybridized carbons (Fsp3) is 0.333. The minimum Gasteiger partial charge on any atom is -0.497 e. The Morgan fingerprint density at radius 3 is 2.52 bits per heavy atom. The van der Waals surface area contributed by atoms with Crippen LogP contribution in [-0.2, 0) is 6.54 Å². The molecule has 0 heterocycles. The van der Waals surface area contributed by atoms with E-state index in [0.717, 1.165) is 25.4 Å². The van der Waals surface area contributed by atoms with Gasteiger partial charge >= 0.3 is 0 Å². The molecule has 3 nitrogen and oxygen atoms in total. The smallest absolute Gasteiger partial charge is 0.118 e. The van der Waals surface area contributed by atoms with Crippen molar-refractivity contribution >= 4 is 5.69 Å². The number of hydrogen-bond donors (Lipinski definition) is 1. The molecule has 0 unspecified atom stereocenters. The van der Waals surface area contributed by atoms with E-state index < -0.39 is 0 Å². The zero-order valence-electron chi connectivity index (χ0n) is 13.1. The Balaban J connectivity index is 1.75. The molecule has 1 N–H and O–H groups in total. The Morgan fingerprint density at radius 1 is 1.10 bits per heavy atom. The van der Waals surface area contributed by atoms with E-state index in [-0.39, 0.29) is 0 Å². The predicted octanol–water partition coefficient (Wildman–Crippen LogP) is 3.55. The zero-order valence-corrected chi connectivity index (χ0v) is 13.1. The van der Waals surface area contributed by atoms with Crippen LogP contribution in [0.3, 0.4) is 0 Å². The molecule has 2 aromatic carbocycles. The lowest BCUT2D eigenvalue weighted by Gasteiger charge is -2.17. The van der Waals surface area contributed by atoms with Crippen molar-refractivity contribution < 1.29 is 4.74 Å². The summed E-state index contributed by atoms with van der Waals surface area (Å²) in [4.78, 5) is 2.31. The van der Waals surface area contributed by atoms with Crippen molar-refractivity contribution in [3.05, 3.63) is 59.7 Å². The lowest BCUT2D eigenvalue weighted by Crippen LogP contribution is -2.24. The molecule has 0 saturated carbocycles. The van der Waals surface area contributed by atoms with Gasteiger partial charge < -0.3 is 15.0 Å². The van der Waals surface area contributed by atoms with Crippen LogP contribution >= 0.6 is 0 Å². The fourth-order valence-electron chi connectivity index (χ4n) is 2.27. The van der Waals surface area contributed by atoms with Crippen LogP contribution in [0.1, 0.15) is 11.1 Å². The average Bonchev–Trinajstić information content (AvgIpc) is 2.48. The third-order valence-corrected chi connectivity index (χ3v) is 3.45. The largest absolute Gasteiger partial charge is 0.497 e. The summed E-state index contributed by atoms with van der Waals surface area (Å²) >= 11 is 0. The Bertz CT molecular complexity index is 551. The molecule has 0 aliphatic carbocycles. The highest BCUT2D eigenvalue weighted by Gasteiger charge is 2.01. The molecule has 21 heavy (non-hydrogen) atoms. The van der Waals surface area contributed by atoms with Gasteiger partial charge in [-0.05, 0) is 49.4 Å². The van der Waals surface area contributed by atoms with Gasteiger partial charge in [-0.3, -0.25) is 0 Å². The molecule has 112 valence electrons. The first-order chi connectivity index (χ1) is 10.2. The molecule has 0 aliphatic heterocycles. The molecule has 0 fully saturated rings. The normalized spacial score (nSPS) is 10.7. The number of ether oxygens (including phenoxy) is 1. The SMILES string of the molecule is COc1ccc(CN(C)CCNc2cccc(C)c2)cc1. The fourth-order valence-corrected chi connectivity index (χ4v) is 2.27. The first-order valence-electron chi connectivity index (χ1n) is 7.29. The number of likely N-dealkylation sites (N-methyl/N-ethyl adjacent to an activating group) is 1. The van der Waals surface area contributed by atoms with E-state index in [1.54, 1.807) is 7.11 Å². The minimum absolute atomic E-state index is 0.905. The second kappa shape index (κ2) is 7.70. The van der Waals surface area contributed by atoms with Gasteiger partial charge in [0.05, 0.1) is 7.11 Å². The van der Waals surface area contributed by atoms with Crippen molar-refractivity contribution in [2.45, 2.75) is 13.5 Å². The molecule has 2 aromatic rings. The van der Waals surface area contributed by atoms with Crippen LogP contribution in [0.15, 0.2) is 48.5 Å². The van der Waals surface area contributed by atoms with E-state index in [2.05, 4.69) is 60.6 Å². The van der Waals surface area contributed by atoms with E-state index >= 15 is 0 Å². The maximum Gasteiger partial charge on any atom is 0.118 e. The second-order valence-electron chi connectivity index (χ2n) is 5.38. The number of anilines is 1. The van der Waals surface area contributed by atoms with Crippen LogP contribution < -0.4 is 10.1 Å². The number of nitrogens with one attached hydrogen (secondary N) is 1. The third kappa shape index (κ3) is 5.12. The van der Waals surface area contributed by atoms with E-state index in [4.69, 9.17) is 4.74 Å². The second-order valence-corrected chi connectivity index (χ2v) is 5.38. The zero-order chi connectivity index (χ0) is 15.1. The van der Waals surface area contributed by atoms with Crippen LogP contribution in [0.5, 0.6) is 5.75 Å². The monoisotopic (exact) mass is 284 g/mol. The summed E-state index contributed by atoms with van der Waals surface area (Å²) in [6.45, 7) is 5.00. The van der Waals surface area contributed by atoms with Crippen LogP contribution in [0, 0.1) is 6.92 Å². The molecular weight excluding hydrogens is 260 g/mol. The van der Waals surface area contributed by atoms with Crippen molar-refractivity contribution in [3.63, 3.8) is 0 Å². The molecule has 0 radical (unpaired) electrons. The van der Waals surface area contributed by atoms with Crippen LogP contribution in [0.4, 0.5) is 5.69 Å². The van der Waals surface area contributed by atoms with Gasteiger partial charge in [0.2, 0.25) is 0 Å². The number of nitrogens with zero attached hydrogens (tertiary/aromatic N) is 1. The molecular formula is C18H24N2O. The van der Waals surface area contributed by atoms with Crippen LogP contribution in [0.2, 0.25) is 0 Å². The van der Waals surface area contributed by atoms with Crippen molar-refractivity contribution in [2.75, 3.05) is 32.6 Å². The van der Waals surface area contributed by atoms with Gasteiger partial charge in [-0.25, -0.2) is 0 Å². The summed E-state index contributed by atoms with van der Waals surface area (Å²) in [5.41, 5.74) is 3.77.